The van der Waals surface area contributed by atoms with E-state index in [-0.39, 0.29) is 34.8 Å². The zero-order chi connectivity index (χ0) is 23.7. The standard InChI is InChI=1S/C24H23ClFN5O3/c1-33-12-16(15-6-3-2-4-7-15)21-28-22(30-29-21)23(32)31-11-5-10-24(13-31)19-18(27-14-34-24)9-8-17(25)20(19)26/h2-4,6-9,14,16H,5,10-13H2,1H3,(H,28,29,30)/t16?,24-/m0/s1. The summed E-state index contributed by atoms with van der Waals surface area (Å²) in [6.45, 7) is 0.985. The third kappa shape index (κ3) is 3.95. The Bertz CT molecular complexity index is 1230. The van der Waals surface area contributed by atoms with Gasteiger partial charge in [-0.3, -0.25) is 9.89 Å². The number of nitrogens with one attached hydrogen (secondary N) is 1. The largest absolute Gasteiger partial charge is 0.470 e. The summed E-state index contributed by atoms with van der Waals surface area (Å²) >= 11 is 6.05. The summed E-state index contributed by atoms with van der Waals surface area (Å²) in [6.07, 6.45) is 2.44. The number of hydrogen-bond acceptors (Lipinski definition) is 6. The fraction of sp³-hybridized carbons (Fsp3) is 0.333. The molecule has 1 unspecified atom stereocenters. The molecule has 1 fully saturated rings. The Morgan fingerprint density at radius 1 is 1.32 bits per heavy atom. The monoisotopic (exact) mass is 483 g/mol. The van der Waals surface area contributed by atoms with Crippen molar-refractivity contribution in [3.8, 4) is 0 Å². The quantitative estimate of drug-likeness (QED) is 0.587. The molecule has 3 heterocycles. The Morgan fingerprint density at radius 3 is 2.94 bits per heavy atom. The maximum Gasteiger partial charge on any atom is 0.293 e. The minimum atomic E-state index is -1.07. The number of carbonyl (C=O) groups is 1. The molecule has 3 aromatic rings. The van der Waals surface area contributed by atoms with Crippen LogP contribution < -0.4 is 0 Å². The minimum Gasteiger partial charge on any atom is -0.470 e. The Balaban J connectivity index is 1.41. The molecule has 2 atom stereocenters. The molecular formula is C24H23ClFN5O3. The molecule has 10 heteroatoms. The van der Waals surface area contributed by atoms with Crippen molar-refractivity contribution in [2.45, 2.75) is 24.4 Å². The lowest BCUT2D eigenvalue weighted by Gasteiger charge is -2.43. The summed E-state index contributed by atoms with van der Waals surface area (Å²) in [6, 6.07) is 12.9. The van der Waals surface area contributed by atoms with E-state index in [9.17, 15) is 4.79 Å². The fourth-order valence-electron chi connectivity index (χ4n) is 4.67. The number of nitrogens with zero attached hydrogens (tertiary/aromatic N) is 4. The van der Waals surface area contributed by atoms with Crippen LogP contribution in [0.5, 0.6) is 0 Å². The van der Waals surface area contributed by atoms with Crippen LogP contribution in [0.2, 0.25) is 5.02 Å². The van der Waals surface area contributed by atoms with Crippen molar-refractivity contribution in [3.05, 3.63) is 76.1 Å². The first-order valence-corrected chi connectivity index (χ1v) is 11.3. The van der Waals surface area contributed by atoms with Crippen molar-refractivity contribution in [1.29, 1.82) is 0 Å². The van der Waals surface area contributed by atoms with Crippen LogP contribution in [0.3, 0.4) is 0 Å². The topological polar surface area (TPSA) is 92.7 Å². The number of halogens is 2. The summed E-state index contributed by atoms with van der Waals surface area (Å²) in [4.78, 5) is 23.6. The molecule has 0 aliphatic carbocycles. The third-order valence-corrected chi connectivity index (χ3v) is 6.59. The van der Waals surface area contributed by atoms with Crippen LogP contribution in [0.1, 0.15) is 46.3 Å². The predicted octanol–water partition coefficient (Wildman–Crippen LogP) is 4.20. The van der Waals surface area contributed by atoms with Crippen LogP contribution in [0.4, 0.5) is 10.1 Å². The van der Waals surface area contributed by atoms with Crippen molar-refractivity contribution in [2.75, 3.05) is 26.8 Å². The number of methoxy groups -OCH3 is 1. The van der Waals surface area contributed by atoms with E-state index in [0.717, 1.165) is 5.56 Å². The molecule has 2 aliphatic heterocycles. The van der Waals surface area contributed by atoms with Gasteiger partial charge in [0.2, 0.25) is 5.82 Å². The van der Waals surface area contributed by atoms with Gasteiger partial charge in [0.25, 0.3) is 5.91 Å². The Hall–Kier alpha value is -3.30. The number of fused-ring (bicyclic) bond motifs is 2. The molecule has 8 nitrogen and oxygen atoms in total. The summed E-state index contributed by atoms with van der Waals surface area (Å²) in [7, 11) is 1.61. The van der Waals surface area contributed by atoms with Crippen LogP contribution in [0.25, 0.3) is 0 Å². The van der Waals surface area contributed by atoms with E-state index in [1.54, 1.807) is 18.1 Å². The molecule has 176 valence electrons. The first-order chi connectivity index (χ1) is 16.5. The SMILES string of the molecule is COCC(c1ccccc1)c1nc(C(=O)N2CCC[C@@]3(C2)OC=Nc2ccc(Cl)c(F)c23)n[nH]1. The molecule has 2 aliphatic rings. The van der Waals surface area contributed by atoms with E-state index in [0.29, 0.717) is 37.5 Å². The number of amides is 1. The highest BCUT2D eigenvalue weighted by Crippen LogP contribution is 2.45. The number of benzene rings is 2. The third-order valence-electron chi connectivity index (χ3n) is 6.30. The number of piperidine rings is 1. The van der Waals surface area contributed by atoms with Gasteiger partial charge in [-0.1, -0.05) is 41.9 Å². The first-order valence-electron chi connectivity index (χ1n) is 11.0. The minimum absolute atomic E-state index is 0.00835. The molecule has 1 N–H and O–H groups in total. The second kappa shape index (κ2) is 9.15. The Morgan fingerprint density at radius 2 is 2.15 bits per heavy atom. The van der Waals surface area contributed by atoms with Crippen LogP contribution >= 0.6 is 11.6 Å². The predicted molar refractivity (Wildman–Crippen MR) is 124 cm³/mol. The van der Waals surface area contributed by atoms with E-state index >= 15 is 4.39 Å². The van der Waals surface area contributed by atoms with Gasteiger partial charge in [-0.05, 0) is 30.5 Å². The van der Waals surface area contributed by atoms with E-state index in [1.165, 1.54) is 12.5 Å². The molecule has 1 amide bonds. The number of likely N-dealkylation sites (tertiary alicyclic amines) is 1. The zero-order valence-corrected chi connectivity index (χ0v) is 19.3. The number of ether oxygens (including phenoxy) is 2. The van der Waals surface area contributed by atoms with Crippen molar-refractivity contribution < 1.29 is 18.7 Å². The van der Waals surface area contributed by atoms with Gasteiger partial charge in [0.1, 0.15) is 5.82 Å². The van der Waals surface area contributed by atoms with Gasteiger partial charge in [0.15, 0.2) is 17.8 Å². The maximum atomic E-state index is 15.1. The number of aliphatic imine (C=N–C) groups is 1. The summed E-state index contributed by atoms with van der Waals surface area (Å²) < 4.78 is 26.3. The van der Waals surface area contributed by atoms with Gasteiger partial charge < -0.3 is 14.4 Å². The van der Waals surface area contributed by atoms with E-state index < -0.39 is 11.4 Å². The van der Waals surface area contributed by atoms with E-state index in [1.807, 2.05) is 30.3 Å². The summed E-state index contributed by atoms with van der Waals surface area (Å²) in [5.41, 5.74) is 0.657. The maximum absolute atomic E-state index is 15.1. The molecule has 2 aromatic carbocycles. The summed E-state index contributed by atoms with van der Waals surface area (Å²) in [5, 5.41) is 7.07. The van der Waals surface area contributed by atoms with E-state index in [4.69, 9.17) is 21.1 Å². The number of hydrogen-bond donors (Lipinski definition) is 1. The highest BCUT2D eigenvalue weighted by atomic mass is 35.5. The van der Waals surface area contributed by atoms with Gasteiger partial charge >= 0.3 is 0 Å². The molecule has 0 saturated carbocycles. The number of carbonyl (C=O) groups excluding carboxylic acids is 1. The first kappa shape index (κ1) is 22.5. The average Bonchev–Trinajstić information content (AvgIpc) is 3.35. The van der Waals surface area contributed by atoms with Gasteiger partial charge in [0.05, 0.1) is 35.3 Å². The number of aromatic nitrogens is 3. The number of rotatable bonds is 5. The second-order valence-corrected chi connectivity index (χ2v) is 8.80. The van der Waals surface area contributed by atoms with Gasteiger partial charge in [-0.15, -0.1) is 5.10 Å². The van der Waals surface area contributed by atoms with Gasteiger partial charge in [-0.2, -0.15) is 0 Å². The Labute approximate surface area is 200 Å². The fourth-order valence-corrected chi connectivity index (χ4v) is 4.83. The van der Waals surface area contributed by atoms with E-state index in [2.05, 4.69) is 20.2 Å². The smallest absolute Gasteiger partial charge is 0.293 e. The molecular weight excluding hydrogens is 461 g/mol. The number of aromatic amines is 1. The average molecular weight is 484 g/mol. The Kier molecular flexibility index (Phi) is 6.05. The van der Waals surface area contributed by atoms with Gasteiger partial charge in [0, 0.05) is 13.7 Å². The summed E-state index contributed by atoms with van der Waals surface area (Å²) in [5.74, 6) is -0.557. The highest BCUT2D eigenvalue weighted by molar-refractivity contribution is 6.30. The van der Waals surface area contributed by atoms with Crippen molar-refractivity contribution >= 4 is 29.6 Å². The normalized spacial score (nSPS) is 20.1. The molecule has 1 aromatic heterocycles. The lowest BCUT2D eigenvalue weighted by molar-refractivity contribution is -0.0174. The second-order valence-electron chi connectivity index (χ2n) is 8.40. The number of H-pyrrole nitrogens is 1. The molecule has 0 bridgehead atoms. The van der Waals surface area contributed by atoms with Crippen molar-refractivity contribution in [3.63, 3.8) is 0 Å². The lowest BCUT2D eigenvalue weighted by atomic mass is 9.83. The highest BCUT2D eigenvalue weighted by Gasteiger charge is 2.46. The van der Waals surface area contributed by atoms with Crippen molar-refractivity contribution in [1.82, 2.24) is 20.1 Å². The molecule has 0 radical (unpaired) electrons. The van der Waals surface area contributed by atoms with Crippen LogP contribution in [0.15, 0.2) is 47.5 Å². The molecule has 34 heavy (non-hydrogen) atoms. The van der Waals surface area contributed by atoms with Crippen LogP contribution in [-0.2, 0) is 15.1 Å². The molecule has 1 saturated heterocycles. The van der Waals surface area contributed by atoms with Crippen molar-refractivity contribution in [2.24, 2.45) is 4.99 Å². The molecule has 5 rings (SSSR count). The van der Waals surface area contributed by atoms with Gasteiger partial charge in [-0.25, -0.2) is 14.4 Å². The van der Waals surface area contributed by atoms with Crippen LogP contribution in [0, 0.1) is 5.82 Å². The zero-order valence-electron chi connectivity index (χ0n) is 18.5. The lowest BCUT2D eigenvalue weighted by Crippen LogP contribution is -2.51. The molecule has 1 spiro atoms. The van der Waals surface area contributed by atoms with Crippen LogP contribution in [-0.4, -0.2) is 59.2 Å².